The number of para-hydroxylation sites is 2. The van der Waals surface area contributed by atoms with E-state index in [2.05, 4.69) is 5.32 Å². The highest BCUT2D eigenvalue weighted by atomic mass is 31.2. The van der Waals surface area contributed by atoms with Gasteiger partial charge < -0.3 is 19.1 Å². The molecule has 1 amide bonds. The van der Waals surface area contributed by atoms with E-state index >= 15 is 0 Å². The van der Waals surface area contributed by atoms with E-state index in [4.69, 9.17) is 13.8 Å². The number of hydrogen-bond donors (Lipinski definition) is 1. The molecule has 0 heterocycles. The molecule has 9 nitrogen and oxygen atoms in total. The number of carbonyl (C=O) groups excluding carboxylic acids is 1. The molecule has 0 radical (unpaired) electrons. The van der Waals surface area contributed by atoms with Crippen LogP contribution >= 0.6 is 7.60 Å². The molecule has 0 bridgehead atoms. The van der Waals surface area contributed by atoms with E-state index in [0.717, 1.165) is 0 Å². The number of nitrogens with zero attached hydrogens (tertiary/aromatic N) is 1. The Kier molecular flexibility index (Phi) is 7.95. The van der Waals surface area contributed by atoms with Gasteiger partial charge in [-0.1, -0.05) is 18.2 Å². The lowest BCUT2D eigenvalue weighted by atomic mass is 10.2. The van der Waals surface area contributed by atoms with Crippen molar-refractivity contribution in [2.75, 3.05) is 18.5 Å². The van der Waals surface area contributed by atoms with Gasteiger partial charge in [0.05, 0.1) is 29.1 Å². The molecule has 3 aromatic carbocycles. The van der Waals surface area contributed by atoms with Gasteiger partial charge in [0.15, 0.2) is 5.75 Å². The van der Waals surface area contributed by atoms with Gasteiger partial charge in [-0.25, -0.2) is 0 Å². The Hall–Kier alpha value is -3.52. The number of benzene rings is 3. The van der Waals surface area contributed by atoms with Crippen molar-refractivity contribution in [3.05, 3.63) is 88.5 Å². The van der Waals surface area contributed by atoms with Crippen molar-refractivity contribution in [1.82, 2.24) is 0 Å². The first-order chi connectivity index (χ1) is 15.9. The van der Waals surface area contributed by atoms with Crippen molar-refractivity contribution in [2.45, 2.75) is 13.8 Å². The highest BCUT2D eigenvalue weighted by molar-refractivity contribution is 7.62. The van der Waals surface area contributed by atoms with Gasteiger partial charge in [-0.15, -0.1) is 0 Å². The molecule has 0 aliphatic carbocycles. The predicted molar refractivity (Wildman–Crippen MR) is 125 cm³/mol. The van der Waals surface area contributed by atoms with E-state index in [0.29, 0.717) is 22.5 Å². The van der Waals surface area contributed by atoms with Gasteiger partial charge in [0.25, 0.3) is 11.6 Å². The first-order valence-corrected chi connectivity index (χ1v) is 11.7. The van der Waals surface area contributed by atoms with Crippen LogP contribution in [0.15, 0.2) is 72.8 Å². The van der Waals surface area contributed by atoms with Crippen molar-refractivity contribution >= 4 is 30.2 Å². The van der Waals surface area contributed by atoms with Gasteiger partial charge in [-0.05, 0) is 56.3 Å². The average molecular weight is 470 g/mol. The fraction of sp³-hybridized carbons (Fsp3) is 0.174. The smallest absolute Gasteiger partial charge is 0.361 e. The third kappa shape index (κ3) is 6.04. The number of non-ortho nitro benzene ring substituents is 1. The lowest BCUT2D eigenvalue weighted by Gasteiger charge is -2.17. The minimum atomic E-state index is -3.41. The van der Waals surface area contributed by atoms with Crippen LogP contribution in [0.2, 0.25) is 0 Å². The van der Waals surface area contributed by atoms with Crippen LogP contribution in [0.3, 0.4) is 0 Å². The third-order valence-electron chi connectivity index (χ3n) is 4.43. The molecular weight excluding hydrogens is 447 g/mol. The number of amides is 1. The Bertz CT molecular complexity index is 1170. The molecule has 0 saturated heterocycles. The van der Waals surface area contributed by atoms with Crippen LogP contribution in [0.4, 0.5) is 11.4 Å². The van der Waals surface area contributed by atoms with Gasteiger partial charge >= 0.3 is 7.60 Å². The maximum atomic E-state index is 12.9. The highest BCUT2D eigenvalue weighted by Gasteiger charge is 2.26. The summed E-state index contributed by atoms with van der Waals surface area (Å²) < 4.78 is 29.5. The minimum Gasteiger partial charge on any atom is -0.455 e. The number of anilines is 1. The van der Waals surface area contributed by atoms with Gasteiger partial charge in [-0.2, -0.15) is 0 Å². The number of hydrogen-bond acceptors (Lipinski definition) is 7. The fourth-order valence-corrected chi connectivity index (χ4v) is 4.53. The van der Waals surface area contributed by atoms with Crippen LogP contribution in [0.5, 0.6) is 11.5 Å². The van der Waals surface area contributed by atoms with Gasteiger partial charge in [0.2, 0.25) is 0 Å². The molecule has 0 spiro atoms. The normalized spacial score (nSPS) is 11.1. The SMILES string of the molecule is CCOP(=O)(OCC)c1ccc(Oc2ccccc2NC(=O)c2cccc([N+](=O)[O-])c2)cc1. The number of nitrogens with one attached hydrogen (secondary N) is 1. The second kappa shape index (κ2) is 10.9. The van der Waals surface area contributed by atoms with Crippen LogP contribution in [-0.4, -0.2) is 24.0 Å². The van der Waals surface area contributed by atoms with Crippen molar-refractivity contribution < 1.29 is 28.1 Å². The van der Waals surface area contributed by atoms with Gasteiger partial charge in [0.1, 0.15) is 5.75 Å². The number of rotatable bonds is 10. The maximum Gasteiger partial charge on any atom is 0.361 e. The summed E-state index contributed by atoms with van der Waals surface area (Å²) in [4.78, 5) is 23.0. The molecule has 172 valence electrons. The Morgan fingerprint density at radius 1 is 0.970 bits per heavy atom. The van der Waals surface area contributed by atoms with Crippen molar-refractivity contribution in [2.24, 2.45) is 0 Å². The van der Waals surface area contributed by atoms with Gasteiger partial charge in [-0.3, -0.25) is 19.5 Å². The molecular formula is C23H23N2O7P. The summed E-state index contributed by atoms with van der Waals surface area (Å²) in [5.41, 5.74) is 0.349. The zero-order valence-electron chi connectivity index (χ0n) is 18.1. The Morgan fingerprint density at radius 3 is 2.27 bits per heavy atom. The number of nitro groups is 1. The van der Waals surface area contributed by atoms with Crippen LogP contribution in [0, 0.1) is 10.1 Å². The maximum absolute atomic E-state index is 12.9. The zero-order chi connectivity index (χ0) is 23.8. The van der Waals surface area contributed by atoms with E-state index in [-0.39, 0.29) is 24.5 Å². The first-order valence-electron chi connectivity index (χ1n) is 10.2. The molecule has 0 saturated carbocycles. The Labute approximate surface area is 191 Å². The summed E-state index contributed by atoms with van der Waals surface area (Å²) >= 11 is 0. The molecule has 0 atom stereocenters. The standard InChI is InChI=1S/C23H23N2O7P/c1-3-30-33(29,31-4-2)20-14-12-19(13-15-20)32-22-11-6-5-10-21(22)24-23(26)17-8-7-9-18(16-17)25(27)28/h5-16H,3-4H2,1-2H3,(H,24,26). The lowest BCUT2D eigenvalue weighted by molar-refractivity contribution is -0.384. The summed E-state index contributed by atoms with van der Waals surface area (Å²) in [6.07, 6.45) is 0. The van der Waals surface area contributed by atoms with E-state index in [9.17, 15) is 19.5 Å². The molecule has 1 N–H and O–H groups in total. The van der Waals surface area contributed by atoms with Crippen molar-refractivity contribution in [1.29, 1.82) is 0 Å². The Balaban J connectivity index is 1.78. The monoisotopic (exact) mass is 470 g/mol. The van der Waals surface area contributed by atoms with Crippen molar-refractivity contribution in [3.8, 4) is 11.5 Å². The summed E-state index contributed by atoms with van der Waals surface area (Å²) in [7, 11) is -3.41. The van der Waals surface area contributed by atoms with Crippen molar-refractivity contribution in [3.63, 3.8) is 0 Å². The summed E-state index contributed by atoms with van der Waals surface area (Å²) in [6.45, 7) is 3.96. The topological polar surface area (TPSA) is 117 Å². The van der Waals surface area contributed by atoms with E-state index < -0.39 is 18.4 Å². The first kappa shape index (κ1) is 24.1. The molecule has 0 aliphatic rings. The van der Waals surface area contributed by atoms with Crippen LogP contribution in [-0.2, 0) is 13.6 Å². The Morgan fingerprint density at radius 2 is 1.64 bits per heavy atom. The summed E-state index contributed by atoms with van der Waals surface area (Å²) in [5, 5.41) is 14.1. The second-order valence-electron chi connectivity index (χ2n) is 6.69. The fourth-order valence-electron chi connectivity index (χ4n) is 2.96. The number of carbonyl (C=O) groups is 1. The van der Waals surface area contributed by atoms with Crippen LogP contribution in [0.1, 0.15) is 24.2 Å². The van der Waals surface area contributed by atoms with Crippen LogP contribution in [0.25, 0.3) is 0 Å². The van der Waals surface area contributed by atoms with E-state index in [1.165, 1.54) is 24.3 Å². The molecule has 0 fully saturated rings. The van der Waals surface area contributed by atoms with E-state index in [1.807, 2.05) is 0 Å². The molecule has 3 aromatic rings. The quantitative estimate of drug-likeness (QED) is 0.235. The largest absolute Gasteiger partial charge is 0.455 e. The number of nitro benzene ring substituents is 1. The predicted octanol–water partition coefficient (Wildman–Crippen LogP) is 5.53. The molecule has 0 aromatic heterocycles. The van der Waals surface area contributed by atoms with Gasteiger partial charge in [0, 0.05) is 17.7 Å². The molecule has 0 aliphatic heterocycles. The zero-order valence-corrected chi connectivity index (χ0v) is 19.0. The second-order valence-corrected chi connectivity index (χ2v) is 8.71. The molecule has 10 heteroatoms. The minimum absolute atomic E-state index is 0.144. The average Bonchev–Trinajstić information content (AvgIpc) is 2.81. The van der Waals surface area contributed by atoms with E-state index in [1.54, 1.807) is 62.4 Å². The third-order valence-corrected chi connectivity index (χ3v) is 6.56. The lowest BCUT2D eigenvalue weighted by Crippen LogP contribution is -2.13. The van der Waals surface area contributed by atoms with Crippen LogP contribution < -0.4 is 15.4 Å². The summed E-state index contributed by atoms with van der Waals surface area (Å²) in [5.74, 6) is 0.289. The molecule has 33 heavy (non-hydrogen) atoms. The summed E-state index contributed by atoms with van der Waals surface area (Å²) in [6, 6.07) is 18.7. The molecule has 3 rings (SSSR count). The number of ether oxygens (including phenoxy) is 1. The molecule has 0 unspecified atom stereocenters. The highest BCUT2D eigenvalue weighted by Crippen LogP contribution is 2.47.